The minimum Gasteiger partial charge on any atom is -0.480 e. The number of likely N-dealkylation sites (N-methyl/N-ethyl adjacent to an activating group) is 1. The van der Waals surface area contributed by atoms with E-state index >= 15 is 0 Å². The lowest BCUT2D eigenvalue weighted by Gasteiger charge is -2.20. The van der Waals surface area contributed by atoms with Crippen LogP contribution in [0.1, 0.15) is 6.92 Å². The van der Waals surface area contributed by atoms with Crippen molar-refractivity contribution in [1.29, 1.82) is 0 Å². The van der Waals surface area contributed by atoms with E-state index in [0.717, 1.165) is 6.08 Å². The molecule has 1 amide bonds. The molecular formula is C7H12N2O3. The lowest BCUT2D eigenvalue weighted by Crippen LogP contribution is -2.47. The van der Waals surface area contributed by atoms with Gasteiger partial charge in [0.25, 0.3) is 5.91 Å². The van der Waals surface area contributed by atoms with Crippen LogP contribution in [0.2, 0.25) is 0 Å². The Kier molecular flexibility index (Phi) is 3.99. The van der Waals surface area contributed by atoms with Gasteiger partial charge in [-0.2, -0.15) is 0 Å². The number of amides is 1. The summed E-state index contributed by atoms with van der Waals surface area (Å²) in [5.74, 6) is -1.42. The molecule has 0 fully saturated rings. The molecule has 0 spiro atoms. The highest BCUT2D eigenvalue weighted by Gasteiger charge is 2.16. The van der Waals surface area contributed by atoms with Crippen LogP contribution in [0, 0.1) is 0 Å². The second-order valence-electron chi connectivity index (χ2n) is 2.31. The second kappa shape index (κ2) is 4.50. The number of aliphatic carboxylic acids is 1. The molecule has 0 aromatic carbocycles. The fraction of sp³-hybridized carbons (Fsp3) is 0.429. The monoisotopic (exact) mass is 172 g/mol. The molecule has 0 saturated heterocycles. The lowest BCUT2D eigenvalue weighted by atomic mass is 10.3. The van der Waals surface area contributed by atoms with E-state index in [1.54, 1.807) is 0 Å². The number of carbonyl (C=O) groups excluding carboxylic acids is 1. The molecule has 0 unspecified atom stereocenters. The first-order chi connectivity index (χ1) is 5.49. The Bertz CT molecular complexity index is 203. The smallest absolute Gasteiger partial charge is 0.322 e. The van der Waals surface area contributed by atoms with Gasteiger partial charge in [-0.1, -0.05) is 6.58 Å². The summed E-state index contributed by atoms with van der Waals surface area (Å²) in [6.45, 7) is 4.70. The number of carbonyl (C=O) groups is 2. The van der Waals surface area contributed by atoms with E-state index < -0.39 is 17.9 Å². The average Bonchev–Trinajstić information content (AvgIpc) is 2.02. The van der Waals surface area contributed by atoms with E-state index in [-0.39, 0.29) is 0 Å². The maximum Gasteiger partial charge on any atom is 0.322 e. The summed E-state index contributed by atoms with van der Waals surface area (Å²) in [7, 11) is 1.47. The SMILES string of the molecule is C=CC(=O)NN(C)[C@@H](C)C(=O)O. The molecule has 0 aliphatic heterocycles. The van der Waals surface area contributed by atoms with E-state index in [0.29, 0.717) is 0 Å². The summed E-state index contributed by atoms with van der Waals surface area (Å²) in [5, 5.41) is 9.72. The molecule has 68 valence electrons. The number of nitrogens with one attached hydrogen (secondary N) is 1. The summed E-state index contributed by atoms with van der Waals surface area (Å²) in [4.78, 5) is 21.1. The summed E-state index contributed by atoms with van der Waals surface area (Å²) in [6.07, 6.45) is 1.07. The van der Waals surface area contributed by atoms with E-state index in [2.05, 4.69) is 12.0 Å². The fourth-order valence-corrected chi connectivity index (χ4v) is 0.482. The first-order valence-corrected chi connectivity index (χ1v) is 3.37. The molecule has 0 bridgehead atoms. The van der Waals surface area contributed by atoms with Crippen LogP contribution in [0.5, 0.6) is 0 Å². The molecule has 12 heavy (non-hydrogen) atoms. The lowest BCUT2D eigenvalue weighted by molar-refractivity contribution is -0.144. The van der Waals surface area contributed by atoms with Gasteiger partial charge in [0.1, 0.15) is 6.04 Å². The Morgan fingerprint density at radius 2 is 2.17 bits per heavy atom. The van der Waals surface area contributed by atoms with Crippen molar-refractivity contribution in [1.82, 2.24) is 10.4 Å². The van der Waals surface area contributed by atoms with Crippen LogP contribution in [0.25, 0.3) is 0 Å². The van der Waals surface area contributed by atoms with Crippen molar-refractivity contribution in [2.75, 3.05) is 7.05 Å². The molecular weight excluding hydrogens is 160 g/mol. The molecule has 5 nitrogen and oxygen atoms in total. The van der Waals surface area contributed by atoms with Gasteiger partial charge in [0.05, 0.1) is 0 Å². The first-order valence-electron chi connectivity index (χ1n) is 3.37. The van der Waals surface area contributed by atoms with Gasteiger partial charge in [0.15, 0.2) is 0 Å². The third-order valence-corrected chi connectivity index (χ3v) is 1.41. The largest absolute Gasteiger partial charge is 0.480 e. The standard InChI is InChI=1S/C7H12N2O3/c1-4-6(10)8-9(3)5(2)7(11)12/h4-5H,1H2,2-3H3,(H,8,10)(H,11,12)/t5-/m0/s1. The Morgan fingerprint density at radius 3 is 2.50 bits per heavy atom. The number of carboxylic acid groups (broad SMARTS) is 1. The molecule has 0 heterocycles. The summed E-state index contributed by atoms with van der Waals surface area (Å²) in [6, 6.07) is -0.756. The molecule has 0 aromatic rings. The Morgan fingerprint density at radius 1 is 1.67 bits per heavy atom. The number of rotatable bonds is 4. The van der Waals surface area contributed by atoms with Crippen molar-refractivity contribution in [2.45, 2.75) is 13.0 Å². The Balaban J connectivity index is 4.03. The van der Waals surface area contributed by atoms with Gasteiger partial charge in [-0.3, -0.25) is 15.0 Å². The van der Waals surface area contributed by atoms with Gasteiger partial charge in [-0.15, -0.1) is 0 Å². The third kappa shape index (κ3) is 3.16. The molecule has 2 N–H and O–H groups in total. The molecule has 0 aliphatic carbocycles. The molecule has 1 atom stereocenters. The fourth-order valence-electron chi connectivity index (χ4n) is 0.482. The molecule has 0 aliphatic rings. The van der Waals surface area contributed by atoms with Crippen LogP contribution < -0.4 is 5.43 Å². The first kappa shape index (κ1) is 10.6. The highest BCUT2D eigenvalue weighted by molar-refractivity contribution is 5.86. The van der Waals surface area contributed by atoms with Crippen molar-refractivity contribution in [2.24, 2.45) is 0 Å². The zero-order chi connectivity index (χ0) is 9.72. The maximum absolute atomic E-state index is 10.7. The van der Waals surface area contributed by atoms with Crippen LogP contribution in [-0.4, -0.2) is 35.1 Å². The van der Waals surface area contributed by atoms with E-state index in [4.69, 9.17) is 5.11 Å². The number of hydrogen-bond acceptors (Lipinski definition) is 3. The number of carboxylic acids is 1. The molecule has 0 saturated carbocycles. The van der Waals surface area contributed by atoms with Crippen LogP contribution in [0.3, 0.4) is 0 Å². The van der Waals surface area contributed by atoms with Gasteiger partial charge in [0.2, 0.25) is 0 Å². The maximum atomic E-state index is 10.7. The zero-order valence-electron chi connectivity index (χ0n) is 7.07. The van der Waals surface area contributed by atoms with Crippen LogP contribution in [0.4, 0.5) is 0 Å². The van der Waals surface area contributed by atoms with Crippen molar-refractivity contribution in [3.63, 3.8) is 0 Å². The van der Waals surface area contributed by atoms with Crippen LogP contribution in [-0.2, 0) is 9.59 Å². The normalized spacial score (nSPS) is 12.2. The topological polar surface area (TPSA) is 69.6 Å². The van der Waals surface area contributed by atoms with Crippen molar-refractivity contribution in [3.8, 4) is 0 Å². The minimum absolute atomic E-state index is 0.425. The van der Waals surface area contributed by atoms with Gasteiger partial charge >= 0.3 is 5.97 Å². The summed E-state index contributed by atoms with van der Waals surface area (Å²) in [5.41, 5.74) is 2.31. The molecule has 0 aromatic heterocycles. The van der Waals surface area contributed by atoms with Crippen molar-refractivity contribution in [3.05, 3.63) is 12.7 Å². The minimum atomic E-state index is -0.998. The van der Waals surface area contributed by atoms with Gasteiger partial charge in [-0.05, 0) is 13.0 Å². The Hall–Kier alpha value is -1.36. The predicted octanol–water partition coefficient (Wildman–Crippen LogP) is -0.392. The summed E-state index contributed by atoms with van der Waals surface area (Å²) >= 11 is 0. The van der Waals surface area contributed by atoms with Gasteiger partial charge in [0, 0.05) is 7.05 Å². The van der Waals surface area contributed by atoms with Crippen molar-refractivity contribution >= 4 is 11.9 Å². The third-order valence-electron chi connectivity index (χ3n) is 1.41. The summed E-state index contributed by atoms with van der Waals surface area (Å²) < 4.78 is 0. The van der Waals surface area contributed by atoms with E-state index in [9.17, 15) is 9.59 Å². The quantitative estimate of drug-likeness (QED) is 0.447. The van der Waals surface area contributed by atoms with Crippen molar-refractivity contribution < 1.29 is 14.7 Å². The second-order valence-corrected chi connectivity index (χ2v) is 2.31. The van der Waals surface area contributed by atoms with E-state index in [1.165, 1.54) is 19.0 Å². The van der Waals surface area contributed by atoms with Crippen LogP contribution in [0.15, 0.2) is 12.7 Å². The predicted molar refractivity (Wildman–Crippen MR) is 43.2 cm³/mol. The average molecular weight is 172 g/mol. The zero-order valence-corrected chi connectivity index (χ0v) is 7.07. The molecule has 0 rings (SSSR count). The number of hydrazine groups is 1. The van der Waals surface area contributed by atoms with Crippen LogP contribution >= 0.6 is 0 Å². The highest BCUT2D eigenvalue weighted by Crippen LogP contribution is 1.90. The van der Waals surface area contributed by atoms with E-state index in [1.807, 2.05) is 0 Å². The number of nitrogens with zero attached hydrogens (tertiary/aromatic N) is 1. The molecule has 5 heteroatoms. The number of hydrogen-bond donors (Lipinski definition) is 2. The van der Waals surface area contributed by atoms with Gasteiger partial charge in [-0.25, -0.2) is 5.01 Å². The highest BCUT2D eigenvalue weighted by atomic mass is 16.4. The molecule has 0 radical (unpaired) electrons. The Labute approximate surface area is 70.6 Å². The van der Waals surface area contributed by atoms with Gasteiger partial charge < -0.3 is 5.11 Å².